The van der Waals surface area contributed by atoms with Crippen molar-refractivity contribution in [1.82, 2.24) is 15.1 Å². The fourth-order valence-electron chi connectivity index (χ4n) is 2.28. The van der Waals surface area contributed by atoms with Gasteiger partial charge in [0.1, 0.15) is 12.4 Å². The molecule has 0 aliphatic carbocycles. The van der Waals surface area contributed by atoms with E-state index in [9.17, 15) is 0 Å². The summed E-state index contributed by atoms with van der Waals surface area (Å²) in [6.45, 7) is 7.91. The lowest BCUT2D eigenvalue weighted by Gasteiger charge is -2.22. The van der Waals surface area contributed by atoms with Crippen LogP contribution >= 0.6 is 0 Å². The fourth-order valence-corrected chi connectivity index (χ4v) is 2.28. The van der Waals surface area contributed by atoms with Crippen LogP contribution in [0.4, 0.5) is 0 Å². The van der Waals surface area contributed by atoms with E-state index >= 15 is 0 Å². The Hall–Kier alpha value is -1.79. The van der Waals surface area contributed by atoms with Gasteiger partial charge in [-0.05, 0) is 39.1 Å². The molecule has 0 aliphatic rings. The van der Waals surface area contributed by atoms with Gasteiger partial charge >= 0.3 is 0 Å². The molecule has 0 fully saturated rings. The van der Waals surface area contributed by atoms with Gasteiger partial charge in [0.2, 0.25) is 0 Å². The van der Waals surface area contributed by atoms with E-state index in [-0.39, 0.29) is 0 Å². The van der Waals surface area contributed by atoms with Crippen molar-refractivity contribution in [3.05, 3.63) is 30.3 Å². The highest BCUT2D eigenvalue weighted by atomic mass is 16.5. The topological polar surface area (TPSA) is 49.3 Å². The van der Waals surface area contributed by atoms with Gasteiger partial charge in [-0.3, -0.25) is 4.99 Å². The maximum Gasteiger partial charge on any atom is 0.193 e. The molecular weight excluding hydrogens is 316 g/mol. The summed E-state index contributed by atoms with van der Waals surface area (Å²) in [6.07, 6.45) is 1.03. The first-order chi connectivity index (χ1) is 12.2. The third kappa shape index (κ3) is 9.94. The molecule has 0 aromatic heterocycles. The number of benzene rings is 1. The predicted molar refractivity (Wildman–Crippen MR) is 105 cm³/mol. The minimum atomic E-state index is 0.630. The molecule has 142 valence electrons. The highest BCUT2D eigenvalue weighted by Crippen LogP contribution is 2.07. The van der Waals surface area contributed by atoms with Gasteiger partial charge in [0.15, 0.2) is 5.96 Å². The first-order valence-electron chi connectivity index (χ1n) is 9.02. The lowest BCUT2D eigenvalue weighted by atomic mass is 10.3. The fraction of sp³-hybridized carbons (Fsp3) is 0.632. The molecule has 0 amide bonds. The summed E-state index contributed by atoms with van der Waals surface area (Å²) in [5.74, 6) is 1.83. The standard InChI is InChI=1S/C19H34N4O2/c1-5-20-19(21-12-9-13-22(2)14-16-24-4)23(3)15-17-25-18-10-7-6-8-11-18/h6-8,10-11H,5,9,12-17H2,1-4H3,(H,20,21). The molecule has 0 radical (unpaired) electrons. The zero-order valence-electron chi connectivity index (χ0n) is 16.2. The van der Waals surface area contributed by atoms with Crippen molar-refractivity contribution in [3.63, 3.8) is 0 Å². The van der Waals surface area contributed by atoms with Gasteiger partial charge in [0.25, 0.3) is 0 Å². The zero-order valence-corrected chi connectivity index (χ0v) is 16.2. The van der Waals surface area contributed by atoms with E-state index in [2.05, 4.69) is 29.1 Å². The Morgan fingerprint density at radius 1 is 1.08 bits per heavy atom. The minimum Gasteiger partial charge on any atom is -0.492 e. The molecule has 0 atom stereocenters. The Kier molecular flexibility index (Phi) is 11.5. The molecule has 6 heteroatoms. The third-order valence-corrected chi connectivity index (χ3v) is 3.77. The summed E-state index contributed by atoms with van der Waals surface area (Å²) in [5.41, 5.74) is 0. The Morgan fingerprint density at radius 2 is 1.84 bits per heavy atom. The first kappa shape index (κ1) is 21.3. The van der Waals surface area contributed by atoms with Crippen LogP contribution in [0.1, 0.15) is 13.3 Å². The number of para-hydroxylation sites is 1. The van der Waals surface area contributed by atoms with Crippen LogP contribution in [0, 0.1) is 0 Å². The SMILES string of the molecule is CCNC(=NCCCN(C)CCOC)N(C)CCOc1ccccc1. The van der Waals surface area contributed by atoms with E-state index in [0.29, 0.717) is 6.61 Å². The average molecular weight is 351 g/mol. The second kappa shape index (κ2) is 13.5. The summed E-state index contributed by atoms with van der Waals surface area (Å²) < 4.78 is 10.8. The largest absolute Gasteiger partial charge is 0.492 e. The molecule has 1 aromatic rings. The summed E-state index contributed by atoms with van der Waals surface area (Å²) in [7, 11) is 5.89. The molecule has 6 nitrogen and oxygen atoms in total. The molecule has 1 aromatic carbocycles. The summed E-state index contributed by atoms with van der Waals surface area (Å²) in [4.78, 5) is 9.09. The number of nitrogens with one attached hydrogen (secondary N) is 1. The van der Waals surface area contributed by atoms with E-state index < -0.39 is 0 Å². The lowest BCUT2D eigenvalue weighted by molar-refractivity contribution is 0.161. The lowest BCUT2D eigenvalue weighted by Crippen LogP contribution is -2.41. The number of guanidine groups is 1. The molecule has 0 saturated carbocycles. The number of rotatable bonds is 12. The molecule has 0 saturated heterocycles. The van der Waals surface area contributed by atoms with E-state index in [0.717, 1.165) is 57.5 Å². The molecule has 25 heavy (non-hydrogen) atoms. The Balaban J connectivity index is 2.32. The molecular formula is C19H34N4O2. The van der Waals surface area contributed by atoms with Crippen molar-refractivity contribution in [3.8, 4) is 5.75 Å². The summed E-state index contributed by atoms with van der Waals surface area (Å²) >= 11 is 0. The quantitative estimate of drug-likeness (QED) is 0.355. The highest BCUT2D eigenvalue weighted by molar-refractivity contribution is 5.79. The maximum absolute atomic E-state index is 5.76. The van der Waals surface area contributed by atoms with E-state index in [1.165, 1.54) is 0 Å². The number of ether oxygens (including phenoxy) is 2. The third-order valence-electron chi connectivity index (χ3n) is 3.77. The van der Waals surface area contributed by atoms with Crippen LogP contribution in [0.5, 0.6) is 5.75 Å². The second-order valence-corrected chi connectivity index (χ2v) is 5.97. The number of nitrogens with zero attached hydrogens (tertiary/aromatic N) is 3. The van der Waals surface area contributed by atoms with Gasteiger partial charge in [-0.25, -0.2) is 0 Å². The number of hydrogen-bond acceptors (Lipinski definition) is 4. The Labute approximate surface area is 152 Å². The van der Waals surface area contributed by atoms with Crippen molar-refractivity contribution >= 4 is 5.96 Å². The molecule has 1 rings (SSSR count). The smallest absolute Gasteiger partial charge is 0.193 e. The maximum atomic E-state index is 5.76. The van der Waals surface area contributed by atoms with E-state index in [1.54, 1.807) is 7.11 Å². The first-order valence-corrected chi connectivity index (χ1v) is 9.02. The summed E-state index contributed by atoms with van der Waals surface area (Å²) in [5, 5.41) is 3.34. The van der Waals surface area contributed by atoms with Gasteiger partial charge in [0, 0.05) is 33.8 Å². The zero-order chi connectivity index (χ0) is 18.3. The van der Waals surface area contributed by atoms with Crippen LogP contribution in [0.2, 0.25) is 0 Å². The van der Waals surface area contributed by atoms with Crippen LogP contribution in [0.3, 0.4) is 0 Å². The highest BCUT2D eigenvalue weighted by Gasteiger charge is 2.05. The Bertz CT molecular complexity index is 468. The van der Waals surface area contributed by atoms with Crippen LogP contribution in [-0.4, -0.2) is 82.9 Å². The molecule has 0 unspecified atom stereocenters. The predicted octanol–water partition coefficient (Wildman–Crippen LogP) is 1.93. The van der Waals surface area contributed by atoms with Gasteiger partial charge < -0.3 is 24.6 Å². The molecule has 0 heterocycles. The van der Waals surface area contributed by atoms with Crippen LogP contribution in [0.25, 0.3) is 0 Å². The van der Waals surface area contributed by atoms with Gasteiger partial charge in [-0.1, -0.05) is 18.2 Å². The van der Waals surface area contributed by atoms with Gasteiger partial charge in [-0.2, -0.15) is 0 Å². The minimum absolute atomic E-state index is 0.630. The van der Waals surface area contributed by atoms with Crippen molar-refractivity contribution in [2.45, 2.75) is 13.3 Å². The van der Waals surface area contributed by atoms with Crippen molar-refractivity contribution in [1.29, 1.82) is 0 Å². The molecule has 0 spiro atoms. The normalized spacial score (nSPS) is 11.6. The van der Waals surface area contributed by atoms with Crippen molar-refractivity contribution in [2.24, 2.45) is 4.99 Å². The van der Waals surface area contributed by atoms with Gasteiger partial charge in [0.05, 0.1) is 13.2 Å². The van der Waals surface area contributed by atoms with Crippen LogP contribution in [0.15, 0.2) is 35.3 Å². The summed E-state index contributed by atoms with van der Waals surface area (Å²) in [6, 6.07) is 9.89. The van der Waals surface area contributed by atoms with Crippen molar-refractivity contribution in [2.75, 3.05) is 67.1 Å². The van der Waals surface area contributed by atoms with E-state index in [1.807, 2.05) is 37.4 Å². The van der Waals surface area contributed by atoms with Crippen LogP contribution < -0.4 is 10.1 Å². The van der Waals surface area contributed by atoms with Crippen LogP contribution in [-0.2, 0) is 4.74 Å². The molecule has 0 bridgehead atoms. The Morgan fingerprint density at radius 3 is 2.52 bits per heavy atom. The number of hydrogen-bond donors (Lipinski definition) is 1. The number of methoxy groups -OCH3 is 1. The average Bonchev–Trinajstić information content (AvgIpc) is 2.63. The second-order valence-electron chi connectivity index (χ2n) is 5.97. The van der Waals surface area contributed by atoms with Crippen molar-refractivity contribution < 1.29 is 9.47 Å². The van der Waals surface area contributed by atoms with E-state index in [4.69, 9.17) is 14.5 Å². The monoisotopic (exact) mass is 350 g/mol. The molecule has 1 N–H and O–H groups in total. The van der Waals surface area contributed by atoms with Gasteiger partial charge in [-0.15, -0.1) is 0 Å². The molecule has 0 aliphatic heterocycles. The number of aliphatic imine (C=N–C) groups is 1. The number of likely N-dealkylation sites (N-methyl/N-ethyl adjacent to an activating group) is 2.